The highest BCUT2D eigenvalue weighted by molar-refractivity contribution is 9.10. The summed E-state index contributed by atoms with van der Waals surface area (Å²) in [4.78, 5) is 0. The maximum atomic E-state index is 10.7. The predicted molar refractivity (Wildman–Crippen MR) is 82.4 cm³/mol. The molecule has 20 heavy (non-hydrogen) atoms. The Bertz CT molecular complexity index is 613. The average molecular weight is 360 g/mol. The van der Waals surface area contributed by atoms with Gasteiger partial charge in [0.2, 0.25) is 0 Å². The summed E-state index contributed by atoms with van der Waals surface area (Å²) < 4.78 is 7.80. The van der Waals surface area contributed by atoms with Crippen LogP contribution in [-0.2, 0) is 0 Å². The number of aliphatic hydroxyl groups is 1. The zero-order chi connectivity index (χ0) is 14.9. The van der Waals surface area contributed by atoms with Gasteiger partial charge in [-0.25, -0.2) is 0 Å². The van der Waals surface area contributed by atoms with Crippen LogP contribution in [0.1, 0.15) is 37.3 Å². The van der Waals surface area contributed by atoms with E-state index in [1.807, 2.05) is 13.8 Å². The average Bonchev–Trinajstić information content (AvgIpc) is 2.81. The molecule has 0 fully saturated rings. The number of aromatic nitrogens is 2. The number of methoxy groups -OCH3 is 1. The van der Waals surface area contributed by atoms with E-state index in [0.29, 0.717) is 16.5 Å². The van der Waals surface area contributed by atoms with Crippen molar-refractivity contribution in [1.29, 1.82) is 0 Å². The van der Waals surface area contributed by atoms with E-state index in [4.69, 9.17) is 16.3 Å². The molecule has 1 aromatic heterocycles. The molecule has 0 bridgehead atoms. The van der Waals surface area contributed by atoms with Crippen molar-refractivity contribution in [2.45, 2.75) is 26.0 Å². The summed E-state index contributed by atoms with van der Waals surface area (Å²) in [7, 11) is 1.56. The summed E-state index contributed by atoms with van der Waals surface area (Å²) in [5.41, 5.74) is 1.35. The number of nitrogens with zero attached hydrogens (tertiary/aromatic N) is 2. The summed E-state index contributed by atoms with van der Waals surface area (Å²) in [6.45, 7) is 4.00. The summed E-state index contributed by atoms with van der Waals surface area (Å²) in [6, 6.07) is 5.40. The zero-order valence-corrected chi connectivity index (χ0v) is 13.8. The minimum atomic E-state index is -0.846. The maximum absolute atomic E-state index is 10.7. The minimum Gasteiger partial charge on any atom is -0.493 e. The fraction of sp³-hybridized carbons (Fsp3) is 0.357. The summed E-state index contributed by atoms with van der Waals surface area (Å²) in [5.74, 6) is 0.563. The highest BCUT2D eigenvalue weighted by Gasteiger charge is 2.24. The Hall–Kier alpha value is -1.04. The molecule has 1 heterocycles. The fourth-order valence-electron chi connectivity index (χ4n) is 2.06. The van der Waals surface area contributed by atoms with Crippen LogP contribution in [0.2, 0.25) is 5.02 Å². The Morgan fingerprint density at radius 3 is 2.65 bits per heavy atom. The monoisotopic (exact) mass is 358 g/mol. The van der Waals surface area contributed by atoms with E-state index >= 15 is 0 Å². The third-order valence-corrected chi connectivity index (χ3v) is 3.95. The number of ether oxygens (including phenoxy) is 1. The van der Waals surface area contributed by atoms with Gasteiger partial charge in [-0.15, -0.1) is 0 Å². The molecule has 2 aromatic rings. The summed E-state index contributed by atoms with van der Waals surface area (Å²) in [5, 5.41) is 15.6. The second-order valence-electron chi connectivity index (χ2n) is 4.70. The van der Waals surface area contributed by atoms with Gasteiger partial charge < -0.3 is 9.84 Å². The largest absolute Gasteiger partial charge is 0.493 e. The van der Waals surface area contributed by atoms with E-state index in [0.717, 1.165) is 10.0 Å². The van der Waals surface area contributed by atoms with Gasteiger partial charge in [0, 0.05) is 21.1 Å². The molecule has 0 amide bonds. The Kier molecular flexibility index (Phi) is 4.73. The van der Waals surface area contributed by atoms with Gasteiger partial charge in [0.05, 0.1) is 13.3 Å². The predicted octanol–water partition coefficient (Wildman–Crippen LogP) is 3.97. The lowest BCUT2D eigenvalue weighted by Crippen LogP contribution is -2.13. The molecule has 4 nitrogen and oxygen atoms in total. The quantitative estimate of drug-likeness (QED) is 0.898. The van der Waals surface area contributed by atoms with Gasteiger partial charge in [-0.2, -0.15) is 5.10 Å². The smallest absolute Gasteiger partial charge is 0.163 e. The number of benzene rings is 1. The van der Waals surface area contributed by atoms with Crippen LogP contribution in [0.25, 0.3) is 0 Å². The number of aliphatic hydroxyl groups excluding tert-OH is 1. The molecule has 0 aliphatic carbocycles. The molecule has 108 valence electrons. The van der Waals surface area contributed by atoms with E-state index in [1.54, 1.807) is 36.2 Å². The number of hydrogen-bond donors (Lipinski definition) is 1. The molecule has 0 aliphatic rings. The van der Waals surface area contributed by atoms with E-state index < -0.39 is 6.10 Å². The van der Waals surface area contributed by atoms with Crippen LogP contribution >= 0.6 is 27.5 Å². The van der Waals surface area contributed by atoms with Crippen molar-refractivity contribution in [1.82, 2.24) is 9.78 Å². The molecule has 1 N–H and O–H groups in total. The third-order valence-electron chi connectivity index (χ3n) is 3.02. The highest BCUT2D eigenvalue weighted by atomic mass is 79.9. The lowest BCUT2D eigenvalue weighted by Gasteiger charge is -2.18. The first-order valence-corrected chi connectivity index (χ1v) is 7.37. The van der Waals surface area contributed by atoms with Crippen molar-refractivity contribution < 1.29 is 9.84 Å². The van der Waals surface area contributed by atoms with Crippen molar-refractivity contribution in [2.75, 3.05) is 7.11 Å². The highest BCUT2D eigenvalue weighted by Crippen LogP contribution is 2.35. The number of hydrogen-bond acceptors (Lipinski definition) is 3. The number of rotatable bonds is 4. The van der Waals surface area contributed by atoms with Gasteiger partial charge in [0.15, 0.2) is 5.75 Å². The van der Waals surface area contributed by atoms with Gasteiger partial charge in [-0.05, 0) is 26.0 Å². The first-order chi connectivity index (χ1) is 9.45. The van der Waals surface area contributed by atoms with Crippen molar-refractivity contribution in [3.05, 3.63) is 45.1 Å². The van der Waals surface area contributed by atoms with Crippen LogP contribution < -0.4 is 4.74 Å². The fourth-order valence-corrected chi connectivity index (χ4v) is 2.95. The topological polar surface area (TPSA) is 47.3 Å². The lowest BCUT2D eigenvalue weighted by atomic mass is 10.1. The molecule has 0 saturated carbocycles. The van der Waals surface area contributed by atoms with Gasteiger partial charge in [0.25, 0.3) is 0 Å². The standard InChI is InChI=1S/C14H16BrClN2O2/c1-8(2)18-13(12(20-3)7-17-18)14(19)10-5-4-9(16)6-11(10)15/h4-8,14,19H,1-3H3. The van der Waals surface area contributed by atoms with Gasteiger partial charge in [0.1, 0.15) is 11.8 Å². The molecule has 2 rings (SSSR count). The van der Waals surface area contributed by atoms with E-state index in [1.165, 1.54) is 0 Å². The van der Waals surface area contributed by atoms with Crippen LogP contribution in [0.5, 0.6) is 5.75 Å². The van der Waals surface area contributed by atoms with Crippen molar-refractivity contribution in [3.63, 3.8) is 0 Å². The zero-order valence-electron chi connectivity index (χ0n) is 11.5. The van der Waals surface area contributed by atoms with Gasteiger partial charge in [-0.3, -0.25) is 4.68 Å². The second kappa shape index (κ2) is 6.16. The Balaban J connectivity index is 2.52. The van der Waals surface area contributed by atoms with E-state index in [-0.39, 0.29) is 6.04 Å². The minimum absolute atomic E-state index is 0.120. The number of halogens is 2. The van der Waals surface area contributed by atoms with Crippen LogP contribution in [0.4, 0.5) is 0 Å². The normalized spacial score (nSPS) is 12.8. The van der Waals surface area contributed by atoms with Crippen LogP contribution in [0.3, 0.4) is 0 Å². The molecule has 0 aliphatic heterocycles. The summed E-state index contributed by atoms with van der Waals surface area (Å²) in [6.07, 6.45) is 0.768. The van der Waals surface area contributed by atoms with Crippen LogP contribution in [0.15, 0.2) is 28.9 Å². The van der Waals surface area contributed by atoms with Gasteiger partial charge >= 0.3 is 0 Å². The van der Waals surface area contributed by atoms with Crippen molar-refractivity contribution >= 4 is 27.5 Å². The first kappa shape index (κ1) is 15.4. The molecular formula is C14H16BrClN2O2. The van der Waals surface area contributed by atoms with Crippen LogP contribution in [-0.4, -0.2) is 22.0 Å². The molecule has 0 saturated heterocycles. The summed E-state index contributed by atoms with van der Waals surface area (Å²) >= 11 is 9.36. The Labute approximate surface area is 131 Å². The van der Waals surface area contributed by atoms with Crippen LogP contribution in [0, 0.1) is 0 Å². The third kappa shape index (κ3) is 2.85. The van der Waals surface area contributed by atoms with Crippen molar-refractivity contribution in [3.8, 4) is 5.75 Å². The molecule has 6 heteroatoms. The molecule has 0 spiro atoms. The second-order valence-corrected chi connectivity index (χ2v) is 6.00. The molecule has 1 aromatic carbocycles. The van der Waals surface area contributed by atoms with Crippen molar-refractivity contribution in [2.24, 2.45) is 0 Å². The SMILES string of the molecule is COc1cnn(C(C)C)c1C(O)c1ccc(Cl)cc1Br. The Morgan fingerprint density at radius 1 is 1.40 bits per heavy atom. The molecule has 0 radical (unpaired) electrons. The van der Waals surface area contributed by atoms with E-state index in [9.17, 15) is 5.11 Å². The lowest BCUT2D eigenvalue weighted by molar-refractivity contribution is 0.199. The molecule has 1 atom stereocenters. The van der Waals surface area contributed by atoms with Gasteiger partial charge in [-0.1, -0.05) is 33.6 Å². The molecule has 1 unspecified atom stereocenters. The molecular weight excluding hydrogens is 344 g/mol. The first-order valence-electron chi connectivity index (χ1n) is 6.20. The maximum Gasteiger partial charge on any atom is 0.163 e. The van der Waals surface area contributed by atoms with E-state index in [2.05, 4.69) is 21.0 Å². The Morgan fingerprint density at radius 2 is 2.10 bits per heavy atom.